The van der Waals surface area contributed by atoms with Crippen molar-refractivity contribution in [3.05, 3.63) is 53.9 Å². The van der Waals surface area contributed by atoms with Crippen LogP contribution in [0.1, 0.15) is 30.0 Å². The normalized spacial score (nSPS) is 18.3. The Bertz CT molecular complexity index is 600. The summed E-state index contributed by atoms with van der Waals surface area (Å²) < 4.78 is 1.76. The van der Waals surface area contributed by atoms with E-state index >= 15 is 0 Å². The van der Waals surface area contributed by atoms with Crippen molar-refractivity contribution in [2.45, 2.75) is 38.0 Å². The van der Waals surface area contributed by atoms with Crippen LogP contribution in [-0.2, 0) is 13.0 Å². The number of benzene rings is 1. The second-order valence-corrected chi connectivity index (χ2v) is 6.21. The van der Waals surface area contributed by atoms with Crippen molar-refractivity contribution in [3.63, 3.8) is 0 Å². The van der Waals surface area contributed by atoms with Gasteiger partial charge in [-0.25, -0.2) is 0 Å². The highest BCUT2D eigenvalue weighted by Crippen LogP contribution is 2.35. The summed E-state index contributed by atoms with van der Waals surface area (Å²) in [7, 11) is 0. The lowest BCUT2D eigenvalue weighted by atomic mass is 10.1. The third kappa shape index (κ3) is 3.99. The number of aliphatic hydroxyl groups excluding tert-OH is 2. The van der Waals surface area contributed by atoms with Crippen molar-refractivity contribution in [1.82, 2.24) is 14.7 Å². The number of aromatic nitrogens is 2. The third-order valence-corrected chi connectivity index (χ3v) is 4.55. The van der Waals surface area contributed by atoms with Gasteiger partial charge in [0.2, 0.25) is 0 Å². The number of hydrogen-bond donors (Lipinski definition) is 2. The van der Waals surface area contributed by atoms with Crippen LogP contribution < -0.4 is 0 Å². The van der Waals surface area contributed by atoms with E-state index in [0.717, 1.165) is 25.8 Å². The Morgan fingerprint density at radius 1 is 1.30 bits per heavy atom. The van der Waals surface area contributed by atoms with Gasteiger partial charge in [-0.15, -0.1) is 0 Å². The molecule has 1 heterocycles. The molecule has 5 nitrogen and oxygen atoms in total. The average molecular weight is 315 g/mol. The van der Waals surface area contributed by atoms with Gasteiger partial charge < -0.3 is 10.2 Å². The van der Waals surface area contributed by atoms with Crippen molar-refractivity contribution >= 4 is 0 Å². The second kappa shape index (κ2) is 7.73. The Hall–Kier alpha value is -1.69. The van der Waals surface area contributed by atoms with Crippen LogP contribution >= 0.6 is 0 Å². The zero-order valence-corrected chi connectivity index (χ0v) is 13.4. The number of rotatable bonds is 8. The summed E-state index contributed by atoms with van der Waals surface area (Å²) in [6.45, 7) is 2.07. The van der Waals surface area contributed by atoms with Crippen molar-refractivity contribution < 1.29 is 10.2 Å². The molecule has 0 spiro atoms. The molecule has 0 bridgehead atoms. The SMILES string of the molecule is OCCCN(C[C@H](O)Cn1cccn1)[C@H]1CCc2ccccc21. The number of aliphatic hydroxyl groups is 2. The summed E-state index contributed by atoms with van der Waals surface area (Å²) >= 11 is 0. The van der Waals surface area contributed by atoms with Crippen LogP contribution in [0.5, 0.6) is 0 Å². The van der Waals surface area contributed by atoms with E-state index in [9.17, 15) is 10.2 Å². The van der Waals surface area contributed by atoms with Crippen LogP contribution in [-0.4, -0.2) is 50.7 Å². The third-order valence-electron chi connectivity index (χ3n) is 4.55. The molecule has 1 aromatic carbocycles. The molecular weight excluding hydrogens is 290 g/mol. The molecule has 0 amide bonds. The zero-order chi connectivity index (χ0) is 16.1. The van der Waals surface area contributed by atoms with E-state index in [4.69, 9.17) is 0 Å². The van der Waals surface area contributed by atoms with Crippen LogP contribution in [0.3, 0.4) is 0 Å². The van der Waals surface area contributed by atoms with E-state index in [2.05, 4.69) is 34.3 Å². The summed E-state index contributed by atoms with van der Waals surface area (Å²) in [5.41, 5.74) is 2.78. The molecule has 23 heavy (non-hydrogen) atoms. The molecule has 124 valence electrons. The molecule has 0 saturated carbocycles. The van der Waals surface area contributed by atoms with Crippen LogP contribution in [0.2, 0.25) is 0 Å². The maximum Gasteiger partial charge on any atom is 0.0862 e. The fourth-order valence-electron chi connectivity index (χ4n) is 3.51. The van der Waals surface area contributed by atoms with Gasteiger partial charge in [0.1, 0.15) is 0 Å². The van der Waals surface area contributed by atoms with E-state index in [0.29, 0.717) is 19.1 Å². The Morgan fingerprint density at radius 3 is 2.96 bits per heavy atom. The fraction of sp³-hybridized carbons (Fsp3) is 0.500. The molecule has 2 N–H and O–H groups in total. The number of aryl methyl sites for hydroxylation is 1. The van der Waals surface area contributed by atoms with Crippen molar-refractivity contribution in [2.24, 2.45) is 0 Å². The number of hydrogen-bond acceptors (Lipinski definition) is 4. The van der Waals surface area contributed by atoms with Crippen LogP contribution in [0.4, 0.5) is 0 Å². The molecule has 0 aliphatic heterocycles. The van der Waals surface area contributed by atoms with E-state index in [1.807, 2.05) is 12.3 Å². The second-order valence-electron chi connectivity index (χ2n) is 6.21. The van der Waals surface area contributed by atoms with Gasteiger partial charge in [-0.05, 0) is 36.5 Å². The summed E-state index contributed by atoms with van der Waals surface area (Å²) in [5.74, 6) is 0. The van der Waals surface area contributed by atoms with Gasteiger partial charge in [-0.3, -0.25) is 9.58 Å². The summed E-state index contributed by atoms with van der Waals surface area (Å²) in [5, 5.41) is 23.8. The lowest BCUT2D eigenvalue weighted by Crippen LogP contribution is -2.38. The standard InChI is InChI=1S/C18H25N3O2/c22-12-4-10-20(13-16(23)14-21-11-3-9-19-21)18-8-7-15-5-1-2-6-17(15)18/h1-3,5-6,9,11,16,18,22-23H,4,7-8,10,12-14H2/t16-,18-/m0/s1. The minimum absolute atomic E-state index is 0.181. The minimum atomic E-state index is -0.471. The first kappa shape index (κ1) is 16.2. The first-order valence-electron chi connectivity index (χ1n) is 8.36. The van der Waals surface area contributed by atoms with Crippen LogP contribution in [0.25, 0.3) is 0 Å². The predicted molar refractivity (Wildman–Crippen MR) is 89.0 cm³/mol. The fourth-order valence-corrected chi connectivity index (χ4v) is 3.51. The highest BCUT2D eigenvalue weighted by Gasteiger charge is 2.28. The van der Waals surface area contributed by atoms with E-state index in [1.165, 1.54) is 11.1 Å². The maximum atomic E-state index is 10.4. The zero-order valence-electron chi connectivity index (χ0n) is 13.4. The van der Waals surface area contributed by atoms with Gasteiger partial charge in [-0.1, -0.05) is 24.3 Å². The van der Waals surface area contributed by atoms with Crippen molar-refractivity contribution in [2.75, 3.05) is 19.7 Å². The first-order chi connectivity index (χ1) is 11.3. The number of nitrogens with zero attached hydrogens (tertiary/aromatic N) is 3. The van der Waals surface area contributed by atoms with Crippen molar-refractivity contribution in [3.8, 4) is 0 Å². The molecule has 3 rings (SSSR count). The van der Waals surface area contributed by atoms with E-state index < -0.39 is 6.10 Å². The predicted octanol–water partition coefficient (Wildman–Crippen LogP) is 1.62. The van der Waals surface area contributed by atoms with Gasteiger partial charge in [0, 0.05) is 38.1 Å². The van der Waals surface area contributed by atoms with Crippen LogP contribution in [0, 0.1) is 0 Å². The summed E-state index contributed by atoms with van der Waals surface area (Å²) in [6, 6.07) is 10.8. The highest BCUT2D eigenvalue weighted by atomic mass is 16.3. The lowest BCUT2D eigenvalue weighted by molar-refractivity contribution is 0.0683. The lowest BCUT2D eigenvalue weighted by Gasteiger charge is -2.31. The largest absolute Gasteiger partial charge is 0.396 e. The quantitative estimate of drug-likeness (QED) is 0.777. The molecule has 2 atom stereocenters. The maximum absolute atomic E-state index is 10.4. The van der Waals surface area contributed by atoms with Gasteiger partial charge in [0.25, 0.3) is 0 Å². The molecule has 0 saturated heterocycles. The van der Waals surface area contributed by atoms with E-state index in [1.54, 1.807) is 10.9 Å². The van der Waals surface area contributed by atoms with Crippen molar-refractivity contribution in [1.29, 1.82) is 0 Å². The van der Waals surface area contributed by atoms with Gasteiger partial charge in [0.05, 0.1) is 12.6 Å². The topological polar surface area (TPSA) is 61.5 Å². The molecule has 0 radical (unpaired) electrons. The van der Waals surface area contributed by atoms with Crippen LogP contribution in [0.15, 0.2) is 42.7 Å². The molecule has 1 aliphatic carbocycles. The van der Waals surface area contributed by atoms with E-state index in [-0.39, 0.29) is 6.61 Å². The Labute approximate surface area is 137 Å². The molecule has 2 aromatic rings. The van der Waals surface area contributed by atoms with Gasteiger partial charge in [0.15, 0.2) is 0 Å². The smallest absolute Gasteiger partial charge is 0.0862 e. The Balaban J connectivity index is 1.68. The monoisotopic (exact) mass is 315 g/mol. The summed E-state index contributed by atoms with van der Waals surface area (Å²) in [4.78, 5) is 2.32. The Morgan fingerprint density at radius 2 is 2.17 bits per heavy atom. The van der Waals surface area contributed by atoms with Gasteiger partial charge in [-0.2, -0.15) is 5.10 Å². The molecule has 1 aliphatic rings. The molecule has 1 aromatic heterocycles. The summed E-state index contributed by atoms with van der Waals surface area (Å²) in [6.07, 6.45) is 6.02. The highest BCUT2D eigenvalue weighted by molar-refractivity contribution is 5.34. The molecular formula is C18H25N3O2. The average Bonchev–Trinajstić information content (AvgIpc) is 3.20. The minimum Gasteiger partial charge on any atom is -0.396 e. The first-order valence-corrected chi connectivity index (χ1v) is 8.36. The molecule has 0 fully saturated rings. The molecule has 5 heteroatoms. The Kier molecular flexibility index (Phi) is 5.43. The number of fused-ring (bicyclic) bond motifs is 1. The molecule has 0 unspecified atom stereocenters. The van der Waals surface area contributed by atoms with Gasteiger partial charge >= 0.3 is 0 Å².